The molecule has 0 saturated heterocycles. The second kappa shape index (κ2) is 7.42. The second-order valence-electron chi connectivity index (χ2n) is 2.48. The maximum atomic E-state index is 2.33. The molecule has 0 unspecified atom stereocenters. The highest BCUT2D eigenvalue weighted by molar-refractivity contribution is 7.96. The van der Waals surface area contributed by atoms with Crippen molar-refractivity contribution in [1.82, 2.24) is 4.31 Å². The molecule has 62 valence electrons. The van der Waals surface area contributed by atoms with Gasteiger partial charge in [-0.3, -0.25) is 4.31 Å². The maximum absolute atomic E-state index is 2.33. The largest absolute Gasteiger partial charge is 0.254 e. The average molecular weight is 161 g/mol. The molecule has 0 rings (SSSR count). The Kier molecular flexibility index (Phi) is 7.65. The Hall–Kier alpha value is 0.310. The summed E-state index contributed by atoms with van der Waals surface area (Å²) in [6.45, 7) is 5.68. The molecule has 0 fully saturated rings. The van der Waals surface area contributed by atoms with Crippen LogP contribution in [0.15, 0.2) is 0 Å². The molecule has 0 spiro atoms. The minimum absolute atomic E-state index is 1.20. The van der Waals surface area contributed by atoms with Gasteiger partial charge in [0.15, 0.2) is 0 Å². The van der Waals surface area contributed by atoms with Crippen LogP contribution in [0.5, 0.6) is 0 Å². The fraction of sp³-hybridized carbons (Fsp3) is 1.00. The highest BCUT2D eigenvalue weighted by atomic mass is 32.2. The van der Waals surface area contributed by atoms with Crippen LogP contribution < -0.4 is 0 Å². The van der Waals surface area contributed by atoms with Crippen molar-refractivity contribution in [2.24, 2.45) is 0 Å². The minimum atomic E-state index is 1.20. The molecule has 0 amide bonds. The van der Waals surface area contributed by atoms with Crippen LogP contribution in [0, 0.1) is 0 Å². The minimum Gasteiger partial charge on any atom is -0.254 e. The first-order valence-electron chi connectivity index (χ1n) is 4.15. The second-order valence-corrected chi connectivity index (χ2v) is 3.94. The first-order valence-corrected chi connectivity index (χ1v) is 5.09. The number of hydrogen-bond acceptors (Lipinski definition) is 2. The molecule has 10 heavy (non-hydrogen) atoms. The van der Waals surface area contributed by atoms with Crippen LogP contribution in [-0.4, -0.2) is 23.7 Å². The third kappa shape index (κ3) is 6.43. The molecule has 0 aliphatic rings. The van der Waals surface area contributed by atoms with Crippen molar-refractivity contribution >= 4 is 11.9 Å². The Morgan fingerprint density at radius 3 is 2.40 bits per heavy atom. The third-order valence-electron chi connectivity index (χ3n) is 1.43. The van der Waals surface area contributed by atoms with E-state index in [1.165, 1.54) is 31.6 Å². The number of rotatable bonds is 6. The summed E-state index contributed by atoms with van der Waals surface area (Å²) >= 11 is 1.92. The van der Waals surface area contributed by atoms with E-state index in [9.17, 15) is 0 Å². The summed E-state index contributed by atoms with van der Waals surface area (Å²) in [5, 5.41) is 0. The molecule has 1 nitrogen and oxygen atoms in total. The van der Waals surface area contributed by atoms with Crippen molar-refractivity contribution in [3.63, 3.8) is 0 Å². The van der Waals surface area contributed by atoms with Crippen LogP contribution in [0.1, 0.15) is 33.1 Å². The standard InChI is InChI=1S/C8H19NS/c1-4-6-7-8-9(3)10-5-2/h4-8H2,1-3H3. The normalized spacial score (nSPS) is 10.8. The molecule has 0 atom stereocenters. The third-order valence-corrected chi connectivity index (χ3v) is 2.31. The molecule has 0 aromatic heterocycles. The number of unbranched alkanes of at least 4 members (excludes halogenated alkanes) is 2. The van der Waals surface area contributed by atoms with E-state index in [1.54, 1.807) is 0 Å². The van der Waals surface area contributed by atoms with Crippen LogP contribution in [0.25, 0.3) is 0 Å². The van der Waals surface area contributed by atoms with E-state index in [2.05, 4.69) is 25.2 Å². The van der Waals surface area contributed by atoms with E-state index in [4.69, 9.17) is 0 Å². The first-order chi connectivity index (χ1) is 4.81. The summed E-state index contributed by atoms with van der Waals surface area (Å²) in [7, 11) is 2.17. The molecular formula is C8H19NS. The zero-order chi connectivity index (χ0) is 7.82. The van der Waals surface area contributed by atoms with Crippen molar-refractivity contribution < 1.29 is 0 Å². The smallest absolute Gasteiger partial charge is 0.00862 e. The lowest BCUT2D eigenvalue weighted by molar-refractivity contribution is 0.525. The topological polar surface area (TPSA) is 3.24 Å². The number of hydrogen-bond donors (Lipinski definition) is 0. The summed E-state index contributed by atoms with van der Waals surface area (Å²) in [5.74, 6) is 1.20. The SMILES string of the molecule is CCCCCN(C)SCC. The van der Waals surface area contributed by atoms with Crippen LogP contribution in [0.4, 0.5) is 0 Å². The van der Waals surface area contributed by atoms with Gasteiger partial charge in [-0.05, 0) is 13.5 Å². The van der Waals surface area contributed by atoms with Gasteiger partial charge in [0.2, 0.25) is 0 Å². The summed E-state index contributed by atoms with van der Waals surface area (Å²) in [6, 6.07) is 0. The highest BCUT2D eigenvalue weighted by Crippen LogP contribution is 2.07. The highest BCUT2D eigenvalue weighted by Gasteiger charge is 1.94. The molecule has 0 aromatic rings. The molecule has 0 heterocycles. The summed E-state index contributed by atoms with van der Waals surface area (Å²) in [5.41, 5.74) is 0. The Morgan fingerprint density at radius 1 is 1.20 bits per heavy atom. The molecule has 2 heteroatoms. The Balaban J connectivity index is 2.97. The van der Waals surface area contributed by atoms with Gasteiger partial charge in [0.25, 0.3) is 0 Å². The average Bonchev–Trinajstić information content (AvgIpc) is 1.89. The summed E-state index contributed by atoms with van der Waals surface area (Å²) < 4.78 is 2.33. The van der Waals surface area contributed by atoms with Crippen LogP contribution in [0.2, 0.25) is 0 Å². The quantitative estimate of drug-likeness (QED) is 0.435. The summed E-state index contributed by atoms with van der Waals surface area (Å²) in [6.07, 6.45) is 4.04. The van der Waals surface area contributed by atoms with Crippen LogP contribution in [0.3, 0.4) is 0 Å². The zero-order valence-corrected chi connectivity index (χ0v) is 8.21. The predicted molar refractivity (Wildman–Crippen MR) is 50.3 cm³/mol. The van der Waals surface area contributed by atoms with E-state index >= 15 is 0 Å². The van der Waals surface area contributed by atoms with Gasteiger partial charge in [-0.25, -0.2) is 0 Å². The van der Waals surface area contributed by atoms with Gasteiger partial charge in [-0.1, -0.05) is 38.6 Å². The van der Waals surface area contributed by atoms with Gasteiger partial charge in [-0.15, -0.1) is 0 Å². The molecule has 0 N–H and O–H groups in total. The van der Waals surface area contributed by atoms with E-state index < -0.39 is 0 Å². The lowest BCUT2D eigenvalue weighted by atomic mass is 10.2. The van der Waals surface area contributed by atoms with Gasteiger partial charge in [0.05, 0.1) is 0 Å². The molecule has 0 saturated carbocycles. The van der Waals surface area contributed by atoms with Gasteiger partial charge in [0.1, 0.15) is 0 Å². The molecule has 0 aliphatic carbocycles. The summed E-state index contributed by atoms with van der Waals surface area (Å²) in [4.78, 5) is 0. The van der Waals surface area contributed by atoms with Gasteiger partial charge >= 0.3 is 0 Å². The molecule has 0 aromatic carbocycles. The van der Waals surface area contributed by atoms with Gasteiger partial charge in [-0.2, -0.15) is 0 Å². The molecule has 0 radical (unpaired) electrons. The van der Waals surface area contributed by atoms with Crippen molar-refractivity contribution in [3.05, 3.63) is 0 Å². The molecule has 0 aliphatic heterocycles. The maximum Gasteiger partial charge on any atom is 0.00862 e. The fourth-order valence-corrected chi connectivity index (χ4v) is 1.57. The Morgan fingerprint density at radius 2 is 1.90 bits per heavy atom. The van der Waals surface area contributed by atoms with E-state index in [0.29, 0.717) is 0 Å². The Labute approximate surface area is 69.3 Å². The van der Waals surface area contributed by atoms with Crippen LogP contribution >= 0.6 is 11.9 Å². The van der Waals surface area contributed by atoms with Gasteiger partial charge < -0.3 is 0 Å². The molecule has 0 bridgehead atoms. The van der Waals surface area contributed by atoms with Crippen molar-refractivity contribution in [2.75, 3.05) is 19.3 Å². The monoisotopic (exact) mass is 161 g/mol. The first kappa shape index (κ1) is 10.3. The lowest BCUT2D eigenvalue weighted by Crippen LogP contribution is -2.10. The van der Waals surface area contributed by atoms with E-state index in [-0.39, 0.29) is 0 Å². The van der Waals surface area contributed by atoms with Gasteiger partial charge in [0, 0.05) is 12.3 Å². The zero-order valence-electron chi connectivity index (χ0n) is 7.39. The van der Waals surface area contributed by atoms with E-state index in [0.717, 1.165) is 0 Å². The fourth-order valence-electron chi connectivity index (χ4n) is 0.869. The van der Waals surface area contributed by atoms with Crippen molar-refractivity contribution in [3.8, 4) is 0 Å². The lowest BCUT2D eigenvalue weighted by Gasteiger charge is -2.12. The van der Waals surface area contributed by atoms with Crippen molar-refractivity contribution in [1.29, 1.82) is 0 Å². The molecular weight excluding hydrogens is 142 g/mol. The predicted octanol–water partition coefficient (Wildman–Crippen LogP) is 2.78. The van der Waals surface area contributed by atoms with E-state index in [1.807, 2.05) is 11.9 Å². The number of nitrogens with zero attached hydrogens (tertiary/aromatic N) is 1. The van der Waals surface area contributed by atoms with Crippen molar-refractivity contribution in [2.45, 2.75) is 33.1 Å². The van der Waals surface area contributed by atoms with Crippen LogP contribution in [-0.2, 0) is 0 Å². The Bertz CT molecular complexity index is 66.3.